The van der Waals surface area contributed by atoms with Crippen molar-refractivity contribution < 1.29 is 20.6 Å². The number of likely N-dealkylation sites (N-methyl/N-ethyl adjacent to an activating group) is 1. The van der Waals surface area contributed by atoms with Crippen LogP contribution < -0.4 is 5.32 Å². The standard InChI is InChI=1S/C9H13N3O4.C5H8.H2/c1-6(13)5-10-9(16)12-4-3-11(2)7(14)8(12)15;1-3-5-4-2;/h3-5H2,1-2H3,(H,10,16);3-5H,1H2,2H3;1H/b;5-4-;. The number of carbonyl (C=O) groups excluding carboxylic acids is 4. The van der Waals surface area contributed by atoms with Crippen molar-refractivity contribution in [1.82, 2.24) is 15.1 Å². The maximum atomic E-state index is 11.4. The highest BCUT2D eigenvalue weighted by molar-refractivity contribution is 6.38. The predicted octanol–water partition coefficient (Wildman–Crippen LogP) is 0.580. The first-order chi connectivity index (χ1) is 9.84. The van der Waals surface area contributed by atoms with Gasteiger partial charge in [-0.25, -0.2) is 4.79 Å². The van der Waals surface area contributed by atoms with Gasteiger partial charge in [0.25, 0.3) is 0 Å². The highest BCUT2D eigenvalue weighted by atomic mass is 16.2. The average molecular weight is 297 g/mol. The summed E-state index contributed by atoms with van der Waals surface area (Å²) >= 11 is 0. The second-order valence-electron chi connectivity index (χ2n) is 4.31. The summed E-state index contributed by atoms with van der Waals surface area (Å²) in [6.45, 7) is 7.04. The SMILES string of the molecule is C=C/C=C\C.CC(=O)CNC(=O)N1CCN(C)C(=O)C1=O.[HH]. The number of Topliss-reactive ketones (excluding diaryl/α,β-unsaturated/α-hetero) is 1. The lowest BCUT2D eigenvalue weighted by Gasteiger charge is -2.29. The largest absolute Gasteiger partial charge is 0.336 e. The molecule has 0 unspecified atom stereocenters. The van der Waals surface area contributed by atoms with Gasteiger partial charge < -0.3 is 10.2 Å². The van der Waals surface area contributed by atoms with Crippen molar-refractivity contribution in [2.75, 3.05) is 26.7 Å². The van der Waals surface area contributed by atoms with Crippen LogP contribution in [0.5, 0.6) is 0 Å². The van der Waals surface area contributed by atoms with Crippen molar-refractivity contribution in [2.45, 2.75) is 13.8 Å². The van der Waals surface area contributed by atoms with Crippen molar-refractivity contribution in [3.63, 3.8) is 0 Å². The van der Waals surface area contributed by atoms with Crippen molar-refractivity contribution in [3.8, 4) is 0 Å². The summed E-state index contributed by atoms with van der Waals surface area (Å²) in [5.74, 6) is -1.81. The number of piperazine rings is 1. The lowest BCUT2D eigenvalue weighted by atomic mass is 10.3. The van der Waals surface area contributed by atoms with E-state index in [0.29, 0.717) is 6.54 Å². The minimum atomic E-state index is -0.866. The Balaban J connectivity index is 0. The molecule has 1 aliphatic heterocycles. The number of ketones is 1. The lowest BCUT2D eigenvalue weighted by Crippen LogP contribution is -2.57. The van der Waals surface area contributed by atoms with Crippen molar-refractivity contribution >= 4 is 23.6 Å². The lowest BCUT2D eigenvalue weighted by molar-refractivity contribution is -0.152. The summed E-state index contributed by atoms with van der Waals surface area (Å²) in [5, 5.41) is 2.26. The number of amides is 4. The summed E-state index contributed by atoms with van der Waals surface area (Å²) < 4.78 is 0. The van der Waals surface area contributed by atoms with E-state index in [-0.39, 0.29) is 20.3 Å². The van der Waals surface area contributed by atoms with Crippen molar-refractivity contribution in [3.05, 3.63) is 24.8 Å². The Morgan fingerprint density at radius 3 is 2.38 bits per heavy atom. The van der Waals surface area contributed by atoms with Crippen LogP contribution in [0, 0.1) is 0 Å². The molecule has 0 aliphatic carbocycles. The Hall–Kier alpha value is -2.44. The number of carbonyl (C=O) groups is 4. The smallest absolute Gasteiger partial charge is 0.324 e. The van der Waals surface area contributed by atoms with Gasteiger partial charge in [-0.2, -0.15) is 0 Å². The maximum Gasteiger partial charge on any atom is 0.324 e. The van der Waals surface area contributed by atoms with Gasteiger partial charge in [-0.05, 0) is 13.8 Å². The number of rotatable bonds is 3. The van der Waals surface area contributed by atoms with Crippen LogP contribution in [0.15, 0.2) is 24.8 Å². The topological polar surface area (TPSA) is 86.8 Å². The van der Waals surface area contributed by atoms with Crippen LogP contribution in [0.3, 0.4) is 0 Å². The molecule has 0 aromatic heterocycles. The molecule has 0 atom stereocenters. The van der Waals surface area contributed by atoms with Gasteiger partial charge in [0.05, 0.1) is 6.54 Å². The molecule has 0 saturated carbocycles. The Kier molecular flexibility index (Phi) is 8.36. The molecular weight excluding hydrogens is 274 g/mol. The third-order valence-electron chi connectivity index (χ3n) is 2.50. The van der Waals surface area contributed by atoms with E-state index in [2.05, 4.69) is 11.9 Å². The number of imide groups is 1. The van der Waals surface area contributed by atoms with Gasteiger partial charge in [-0.1, -0.05) is 24.8 Å². The molecule has 0 bridgehead atoms. The molecule has 0 radical (unpaired) electrons. The zero-order valence-electron chi connectivity index (χ0n) is 12.6. The Bertz CT molecular complexity index is 463. The molecule has 1 saturated heterocycles. The molecule has 0 aromatic rings. The van der Waals surface area contributed by atoms with Gasteiger partial charge in [0.15, 0.2) is 0 Å². The number of hydrogen-bond acceptors (Lipinski definition) is 4. The summed E-state index contributed by atoms with van der Waals surface area (Å²) in [6, 6.07) is -0.707. The molecular formula is C14H23N3O4. The molecule has 7 nitrogen and oxygen atoms in total. The monoisotopic (exact) mass is 297 g/mol. The number of hydrogen-bond donors (Lipinski definition) is 1. The van der Waals surface area contributed by atoms with Crippen LogP contribution in [-0.2, 0) is 14.4 Å². The first-order valence-electron chi connectivity index (χ1n) is 6.43. The van der Waals surface area contributed by atoms with Gasteiger partial charge in [0.1, 0.15) is 5.78 Å². The Morgan fingerprint density at radius 1 is 1.33 bits per heavy atom. The second kappa shape index (κ2) is 9.46. The molecule has 4 amide bonds. The summed E-state index contributed by atoms with van der Waals surface area (Å²) in [7, 11) is 1.49. The van der Waals surface area contributed by atoms with Crippen molar-refractivity contribution in [2.24, 2.45) is 0 Å². The van der Waals surface area contributed by atoms with Gasteiger partial charge in [-0.15, -0.1) is 0 Å². The zero-order valence-corrected chi connectivity index (χ0v) is 12.6. The first kappa shape index (κ1) is 18.6. The van der Waals surface area contributed by atoms with Crippen LogP contribution in [0.1, 0.15) is 15.3 Å². The fraction of sp³-hybridized carbons (Fsp3) is 0.429. The minimum absolute atomic E-state index is 0. The number of nitrogens with one attached hydrogen (secondary N) is 1. The van der Waals surface area contributed by atoms with Crippen LogP contribution in [0.4, 0.5) is 4.79 Å². The highest BCUT2D eigenvalue weighted by Crippen LogP contribution is 2.02. The first-order valence-corrected chi connectivity index (χ1v) is 6.43. The third kappa shape index (κ3) is 6.51. The van der Waals surface area contributed by atoms with E-state index in [0.717, 1.165) is 4.90 Å². The molecule has 118 valence electrons. The zero-order chi connectivity index (χ0) is 16.4. The molecule has 0 aromatic carbocycles. The van der Waals surface area contributed by atoms with E-state index in [1.165, 1.54) is 18.9 Å². The fourth-order valence-electron chi connectivity index (χ4n) is 1.36. The number of nitrogens with zero attached hydrogens (tertiary/aromatic N) is 2. The van der Waals surface area contributed by atoms with Gasteiger partial charge in [-0.3, -0.25) is 19.3 Å². The van der Waals surface area contributed by atoms with Gasteiger partial charge in [0, 0.05) is 21.6 Å². The van der Waals surface area contributed by atoms with Crippen molar-refractivity contribution in [1.29, 1.82) is 0 Å². The quantitative estimate of drug-likeness (QED) is 0.610. The molecule has 1 fully saturated rings. The predicted molar refractivity (Wildman–Crippen MR) is 80.6 cm³/mol. The van der Waals surface area contributed by atoms with E-state index in [9.17, 15) is 19.2 Å². The number of urea groups is 1. The van der Waals surface area contributed by atoms with E-state index >= 15 is 0 Å². The van der Waals surface area contributed by atoms with E-state index < -0.39 is 17.8 Å². The Morgan fingerprint density at radius 2 is 1.95 bits per heavy atom. The normalized spacial score (nSPS) is 14.6. The minimum Gasteiger partial charge on any atom is -0.336 e. The molecule has 7 heteroatoms. The van der Waals surface area contributed by atoms with E-state index in [4.69, 9.17) is 0 Å². The summed E-state index contributed by atoms with van der Waals surface area (Å²) in [5.41, 5.74) is 0. The van der Waals surface area contributed by atoms with Gasteiger partial charge >= 0.3 is 17.8 Å². The second-order valence-corrected chi connectivity index (χ2v) is 4.31. The third-order valence-corrected chi connectivity index (χ3v) is 2.50. The average Bonchev–Trinajstić information content (AvgIpc) is 2.44. The highest BCUT2D eigenvalue weighted by Gasteiger charge is 2.34. The Labute approximate surface area is 125 Å². The molecule has 21 heavy (non-hydrogen) atoms. The molecule has 1 heterocycles. The number of allylic oxidation sites excluding steroid dienone is 3. The molecule has 0 spiro atoms. The van der Waals surface area contributed by atoms with E-state index in [1.54, 1.807) is 6.08 Å². The maximum absolute atomic E-state index is 11.4. The van der Waals surface area contributed by atoms with Crippen LogP contribution in [-0.4, -0.2) is 60.1 Å². The summed E-state index contributed by atoms with van der Waals surface area (Å²) in [4.78, 5) is 46.8. The van der Waals surface area contributed by atoms with Gasteiger partial charge in [0.2, 0.25) is 0 Å². The molecule has 1 rings (SSSR count). The fourth-order valence-corrected chi connectivity index (χ4v) is 1.36. The molecule has 1 N–H and O–H groups in total. The van der Waals surface area contributed by atoms with Crippen LogP contribution in [0.2, 0.25) is 0 Å². The van der Waals surface area contributed by atoms with Crippen LogP contribution in [0.25, 0.3) is 0 Å². The molecule has 1 aliphatic rings. The van der Waals surface area contributed by atoms with Crippen LogP contribution >= 0.6 is 0 Å². The van der Waals surface area contributed by atoms with E-state index in [1.807, 2.05) is 19.1 Å². The summed E-state index contributed by atoms with van der Waals surface area (Å²) in [6.07, 6.45) is 5.58.